The van der Waals surface area contributed by atoms with Crippen LogP contribution in [0.5, 0.6) is 0 Å². The average molecular weight is 251 g/mol. The first kappa shape index (κ1) is 14.7. The first-order chi connectivity index (χ1) is 8.69. The molecule has 0 aromatic carbocycles. The molecule has 2 N–H and O–H groups in total. The molecule has 0 saturated carbocycles. The van der Waals surface area contributed by atoms with Crippen LogP contribution in [0.1, 0.15) is 75.2 Å². The van der Waals surface area contributed by atoms with E-state index in [0.717, 1.165) is 19.3 Å². The highest BCUT2D eigenvalue weighted by Crippen LogP contribution is 2.21. The van der Waals surface area contributed by atoms with Crippen molar-refractivity contribution in [2.24, 2.45) is 5.73 Å². The SMILES string of the molecule is CCCCCCC(CCC)n1cc(C(N)=O)cn1. The lowest BCUT2D eigenvalue weighted by molar-refractivity contribution is 0.1000. The van der Waals surface area contributed by atoms with Gasteiger partial charge in [0.15, 0.2) is 0 Å². The van der Waals surface area contributed by atoms with Crippen molar-refractivity contribution in [1.82, 2.24) is 9.78 Å². The fraction of sp³-hybridized carbons (Fsp3) is 0.714. The number of aromatic nitrogens is 2. The van der Waals surface area contributed by atoms with Crippen LogP contribution in [0.2, 0.25) is 0 Å². The van der Waals surface area contributed by atoms with Gasteiger partial charge in [0.1, 0.15) is 0 Å². The Bertz CT molecular complexity index is 360. The van der Waals surface area contributed by atoms with Gasteiger partial charge in [-0.1, -0.05) is 46.0 Å². The van der Waals surface area contributed by atoms with Gasteiger partial charge in [-0.3, -0.25) is 9.48 Å². The summed E-state index contributed by atoms with van der Waals surface area (Å²) in [6.07, 6.45) is 11.8. The van der Waals surface area contributed by atoms with Crippen LogP contribution in [0, 0.1) is 0 Å². The lowest BCUT2D eigenvalue weighted by Gasteiger charge is -2.16. The van der Waals surface area contributed by atoms with Crippen molar-refractivity contribution < 1.29 is 4.79 Å². The van der Waals surface area contributed by atoms with Gasteiger partial charge in [0.2, 0.25) is 0 Å². The molecule has 0 aliphatic carbocycles. The summed E-state index contributed by atoms with van der Waals surface area (Å²) in [5, 5.41) is 4.27. The van der Waals surface area contributed by atoms with Crippen molar-refractivity contribution in [2.75, 3.05) is 0 Å². The third-order valence-corrected chi connectivity index (χ3v) is 3.27. The quantitative estimate of drug-likeness (QED) is 0.684. The van der Waals surface area contributed by atoms with Gasteiger partial charge in [-0.2, -0.15) is 5.10 Å². The fourth-order valence-corrected chi connectivity index (χ4v) is 2.21. The van der Waals surface area contributed by atoms with Crippen molar-refractivity contribution in [3.8, 4) is 0 Å². The second kappa shape index (κ2) is 7.90. The average Bonchev–Trinajstić information content (AvgIpc) is 2.82. The van der Waals surface area contributed by atoms with Gasteiger partial charge < -0.3 is 5.73 Å². The Balaban J connectivity index is 2.56. The van der Waals surface area contributed by atoms with Crippen LogP contribution in [0.15, 0.2) is 12.4 Å². The summed E-state index contributed by atoms with van der Waals surface area (Å²) < 4.78 is 1.91. The first-order valence-corrected chi connectivity index (χ1v) is 7.03. The molecular weight excluding hydrogens is 226 g/mol. The number of amides is 1. The van der Waals surface area contributed by atoms with Crippen LogP contribution in [0.4, 0.5) is 0 Å². The number of nitrogens with zero attached hydrogens (tertiary/aromatic N) is 2. The van der Waals surface area contributed by atoms with Crippen molar-refractivity contribution in [3.63, 3.8) is 0 Å². The Hall–Kier alpha value is -1.32. The number of unbranched alkanes of at least 4 members (excludes halogenated alkanes) is 3. The summed E-state index contributed by atoms with van der Waals surface area (Å²) in [4.78, 5) is 11.1. The molecule has 4 heteroatoms. The number of hydrogen-bond donors (Lipinski definition) is 1. The normalized spacial score (nSPS) is 12.6. The van der Waals surface area contributed by atoms with Crippen LogP contribution in [0.3, 0.4) is 0 Å². The van der Waals surface area contributed by atoms with E-state index in [4.69, 9.17) is 5.73 Å². The highest BCUT2D eigenvalue weighted by atomic mass is 16.1. The molecule has 1 heterocycles. The predicted octanol–water partition coefficient (Wildman–Crippen LogP) is 3.29. The molecule has 18 heavy (non-hydrogen) atoms. The molecule has 0 spiro atoms. The van der Waals surface area contributed by atoms with Crippen molar-refractivity contribution in [3.05, 3.63) is 18.0 Å². The van der Waals surface area contributed by atoms with E-state index in [1.165, 1.54) is 25.7 Å². The molecule has 0 radical (unpaired) electrons. The lowest BCUT2D eigenvalue weighted by Crippen LogP contribution is -2.11. The van der Waals surface area contributed by atoms with Gasteiger partial charge in [-0.05, 0) is 12.8 Å². The van der Waals surface area contributed by atoms with Crippen LogP contribution in [-0.4, -0.2) is 15.7 Å². The highest BCUT2D eigenvalue weighted by molar-refractivity contribution is 5.92. The zero-order chi connectivity index (χ0) is 13.4. The van der Waals surface area contributed by atoms with Crippen LogP contribution < -0.4 is 5.73 Å². The fourth-order valence-electron chi connectivity index (χ4n) is 2.21. The summed E-state index contributed by atoms with van der Waals surface area (Å²) in [6, 6.07) is 0.403. The first-order valence-electron chi connectivity index (χ1n) is 7.03. The molecule has 0 saturated heterocycles. The summed E-state index contributed by atoms with van der Waals surface area (Å²) in [7, 11) is 0. The standard InChI is InChI=1S/C14H25N3O/c1-3-5-6-7-9-13(8-4-2)17-11-12(10-16-17)14(15)18/h10-11,13H,3-9H2,1-2H3,(H2,15,18). The van der Waals surface area contributed by atoms with E-state index in [1.807, 2.05) is 4.68 Å². The molecule has 1 aromatic heterocycles. The molecule has 4 nitrogen and oxygen atoms in total. The molecule has 1 unspecified atom stereocenters. The maximum absolute atomic E-state index is 11.1. The third-order valence-electron chi connectivity index (χ3n) is 3.27. The minimum Gasteiger partial charge on any atom is -0.366 e. The smallest absolute Gasteiger partial charge is 0.251 e. The zero-order valence-electron chi connectivity index (χ0n) is 11.6. The minimum atomic E-state index is -0.400. The van der Waals surface area contributed by atoms with E-state index < -0.39 is 5.91 Å². The molecule has 0 bridgehead atoms. The molecule has 1 rings (SSSR count). The second-order valence-corrected chi connectivity index (χ2v) is 4.87. The van der Waals surface area contributed by atoms with E-state index >= 15 is 0 Å². The van der Waals surface area contributed by atoms with E-state index in [1.54, 1.807) is 12.4 Å². The zero-order valence-corrected chi connectivity index (χ0v) is 11.6. The number of carbonyl (C=O) groups excluding carboxylic acids is 1. The maximum Gasteiger partial charge on any atom is 0.251 e. The van der Waals surface area contributed by atoms with Crippen LogP contribution in [-0.2, 0) is 0 Å². The summed E-state index contributed by atoms with van der Waals surface area (Å²) >= 11 is 0. The van der Waals surface area contributed by atoms with Crippen LogP contribution in [0.25, 0.3) is 0 Å². The molecule has 0 fully saturated rings. The minimum absolute atomic E-state index is 0.400. The van der Waals surface area contributed by atoms with E-state index in [2.05, 4.69) is 18.9 Å². The Morgan fingerprint density at radius 3 is 2.61 bits per heavy atom. The van der Waals surface area contributed by atoms with E-state index in [0.29, 0.717) is 11.6 Å². The molecule has 0 aliphatic heterocycles. The lowest BCUT2D eigenvalue weighted by atomic mass is 10.0. The highest BCUT2D eigenvalue weighted by Gasteiger charge is 2.12. The second-order valence-electron chi connectivity index (χ2n) is 4.87. The van der Waals surface area contributed by atoms with Crippen molar-refractivity contribution >= 4 is 5.91 Å². The van der Waals surface area contributed by atoms with Gasteiger partial charge in [-0.25, -0.2) is 0 Å². The Morgan fingerprint density at radius 2 is 2.06 bits per heavy atom. The topological polar surface area (TPSA) is 60.9 Å². The van der Waals surface area contributed by atoms with Gasteiger partial charge >= 0.3 is 0 Å². The monoisotopic (exact) mass is 251 g/mol. The summed E-state index contributed by atoms with van der Waals surface area (Å²) in [5.74, 6) is -0.400. The predicted molar refractivity (Wildman–Crippen MR) is 73.4 cm³/mol. The third kappa shape index (κ3) is 4.51. The number of rotatable bonds is 9. The Morgan fingerprint density at radius 1 is 1.28 bits per heavy atom. The maximum atomic E-state index is 11.1. The molecule has 1 atom stereocenters. The number of hydrogen-bond acceptors (Lipinski definition) is 2. The number of nitrogens with two attached hydrogens (primary N) is 1. The number of carbonyl (C=O) groups is 1. The molecule has 1 amide bonds. The Labute approximate surface area is 110 Å². The van der Waals surface area contributed by atoms with Gasteiger partial charge in [0.05, 0.1) is 17.8 Å². The van der Waals surface area contributed by atoms with Gasteiger partial charge in [0.25, 0.3) is 5.91 Å². The van der Waals surface area contributed by atoms with Gasteiger partial charge in [0, 0.05) is 6.20 Å². The largest absolute Gasteiger partial charge is 0.366 e. The molecular formula is C14H25N3O. The Kier molecular flexibility index (Phi) is 6.47. The summed E-state index contributed by atoms with van der Waals surface area (Å²) in [5.41, 5.74) is 5.75. The van der Waals surface area contributed by atoms with E-state index in [9.17, 15) is 4.79 Å². The van der Waals surface area contributed by atoms with Gasteiger partial charge in [-0.15, -0.1) is 0 Å². The van der Waals surface area contributed by atoms with Crippen molar-refractivity contribution in [1.29, 1.82) is 0 Å². The van der Waals surface area contributed by atoms with Crippen LogP contribution >= 0.6 is 0 Å². The number of primary amides is 1. The van der Waals surface area contributed by atoms with E-state index in [-0.39, 0.29) is 0 Å². The molecule has 102 valence electrons. The summed E-state index contributed by atoms with van der Waals surface area (Å²) in [6.45, 7) is 4.40. The molecule has 1 aromatic rings. The van der Waals surface area contributed by atoms with Crippen molar-refractivity contribution in [2.45, 2.75) is 64.8 Å². The molecule has 0 aliphatic rings.